The van der Waals surface area contributed by atoms with Crippen LogP contribution in [0.2, 0.25) is 0 Å². The molecule has 106 valence electrons. The van der Waals surface area contributed by atoms with Gasteiger partial charge in [0.2, 0.25) is 0 Å². The van der Waals surface area contributed by atoms with Crippen LogP contribution < -0.4 is 5.32 Å². The second-order valence-electron chi connectivity index (χ2n) is 4.81. The Morgan fingerprint density at radius 1 is 1.45 bits per heavy atom. The molecule has 0 saturated carbocycles. The molecule has 0 radical (unpaired) electrons. The second kappa shape index (κ2) is 5.77. The van der Waals surface area contributed by atoms with Crippen molar-refractivity contribution in [2.75, 3.05) is 0 Å². The topological polar surface area (TPSA) is 67.2 Å². The van der Waals surface area contributed by atoms with Crippen LogP contribution in [0.25, 0.3) is 0 Å². The van der Waals surface area contributed by atoms with Gasteiger partial charge in [0.1, 0.15) is 5.75 Å². The number of carbonyl (C=O) groups excluding carboxylic acids is 1. The number of benzene rings is 1. The Balaban J connectivity index is 2.08. The van der Waals surface area contributed by atoms with E-state index in [9.17, 15) is 9.90 Å². The normalized spacial score (nSPS) is 10.6. The lowest BCUT2D eigenvalue weighted by Crippen LogP contribution is -2.23. The highest BCUT2D eigenvalue weighted by atomic mass is 16.3. The Bertz CT molecular complexity index is 632. The Kier molecular flexibility index (Phi) is 4.08. The molecular weight excluding hydrogens is 254 g/mol. The van der Waals surface area contributed by atoms with Crippen molar-refractivity contribution >= 4 is 5.91 Å². The lowest BCUT2D eigenvalue weighted by atomic mass is 10.1. The molecule has 1 amide bonds. The van der Waals surface area contributed by atoms with Gasteiger partial charge in [-0.1, -0.05) is 6.92 Å². The van der Waals surface area contributed by atoms with E-state index in [1.807, 2.05) is 20.2 Å². The largest absolute Gasteiger partial charge is 0.508 e. The molecule has 2 aromatic rings. The van der Waals surface area contributed by atoms with Gasteiger partial charge in [-0.05, 0) is 37.1 Å². The van der Waals surface area contributed by atoms with Gasteiger partial charge in [0.15, 0.2) is 0 Å². The van der Waals surface area contributed by atoms with Gasteiger partial charge in [-0.15, -0.1) is 0 Å². The molecular formula is C15H19N3O2. The predicted molar refractivity (Wildman–Crippen MR) is 76.6 cm³/mol. The van der Waals surface area contributed by atoms with Crippen LogP contribution >= 0.6 is 0 Å². The van der Waals surface area contributed by atoms with Gasteiger partial charge in [0.05, 0.1) is 5.69 Å². The number of hydrogen-bond acceptors (Lipinski definition) is 3. The molecule has 0 atom stereocenters. The number of nitrogens with zero attached hydrogens (tertiary/aromatic N) is 2. The third kappa shape index (κ3) is 2.99. The molecule has 0 spiro atoms. The first kappa shape index (κ1) is 14.1. The average molecular weight is 273 g/mol. The van der Waals surface area contributed by atoms with Gasteiger partial charge in [-0.2, -0.15) is 5.10 Å². The summed E-state index contributed by atoms with van der Waals surface area (Å²) in [6.45, 7) is 4.30. The first-order valence-electron chi connectivity index (χ1n) is 6.60. The van der Waals surface area contributed by atoms with Crippen LogP contribution in [0.4, 0.5) is 0 Å². The van der Waals surface area contributed by atoms with Crippen LogP contribution in [0.5, 0.6) is 5.75 Å². The van der Waals surface area contributed by atoms with Crippen molar-refractivity contribution < 1.29 is 9.90 Å². The van der Waals surface area contributed by atoms with Gasteiger partial charge in [0.25, 0.3) is 5.91 Å². The molecule has 1 aromatic carbocycles. The number of phenols is 1. The third-order valence-corrected chi connectivity index (χ3v) is 3.22. The van der Waals surface area contributed by atoms with Crippen molar-refractivity contribution in [1.29, 1.82) is 0 Å². The highest BCUT2D eigenvalue weighted by molar-refractivity contribution is 5.95. The molecule has 0 saturated heterocycles. The number of hydrogen-bond donors (Lipinski definition) is 2. The zero-order valence-corrected chi connectivity index (χ0v) is 12.0. The summed E-state index contributed by atoms with van der Waals surface area (Å²) in [6.07, 6.45) is 2.76. The van der Waals surface area contributed by atoms with E-state index in [1.165, 1.54) is 6.07 Å². The summed E-state index contributed by atoms with van der Waals surface area (Å²) in [7, 11) is 1.87. The van der Waals surface area contributed by atoms with Crippen molar-refractivity contribution in [1.82, 2.24) is 15.1 Å². The summed E-state index contributed by atoms with van der Waals surface area (Å²) in [5.74, 6) is 0.0213. The third-order valence-electron chi connectivity index (χ3n) is 3.22. The first-order valence-corrected chi connectivity index (χ1v) is 6.60. The van der Waals surface area contributed by atoms with Crippen molar-refractivity contribution in [3.63, 3.8) is 0 Å². The number of aromatic nitrogens is 2. The lowest BCUT2D eigenvalue weighted by molar-refractivity contribution is 0.0950. The summed E-state index contributed by atoms with van der Waals surface area (Å²) < 4.78 is 1.76. The summed E-state index contributed by atoms with van der Waals surface area (Å²) in [5.41, 5.74) is 3.35. The molecule has 0 aliphatic heterocycles. The molecule has 5 nitrogen and oxygen atoms in total. The zero-order chi connectivity index (χ0) is 14.7. The number of phenolic OH excluding ortho intramolecular Hbond substituents is 1. The van der Waals surface area contributed by atoms with Gasteiger partial charge in [0, 0.05) is 30.9 Å². The molecule has 2 N–H and O–H groups in total. The second-order valence-corrected chi connectivity index (χ2v) is 4.81. The van der Waals surface area contributed by atoms with E-state index in [1.54, 1.807) is 23.7 Å². The minimum absolute atomic E-state index is 0.145. The highest BCUT2D eigenvalue weighted by Gasteiger charge is 2.11. The van der Waals surface area contributed by atoms with Crippen LogP contribution in [0, 0.1) is 6.92 Å². The van der Waals surface area contributed by atoms with E-state index in [0.29, 0.717) is 12.1 Å². The fraction of sp³-hybridized carbons (Fsp3) is 0.333. The zero-order valence-electron chi connectivity index (χ0n) is 12.0. The number of rotatable bonds is 4. The fourth-order valence-corrected chi connectivity index (χ4v) is 2.20. The Labute approximate surface area is 118 Å². The molecule has 0 bridgehead atoms. The molecule has 5 heteroatoms. The lowest BCUT2D eigenvalue weighted by Gasteiger charge is -2.08. The number of carbonyl (C=O) groups is 1. The standard InChI is InChI=1S/C15H19N3O2/c1-4-14-11(9-18(3)17-14)8-16-15(20)13-6-5-12(19)7-10(13)2/h5-7,9,19H,4,8H2,1-3H3,(H,16,20). The molecule has 0 fully saturated rings. The summed E-state index contributed by atoms with van der Waals surface area (Å²) in [5, 5.41) is 16.6. The van der Waals surface area contributed by atoms with Crippen molar-refractivity contribution in [2.45, 2.75) is 26.8 Å². The van der Waals surface area contributed by atoms with E-state index < -0.39 is 0 Å². The number of nitrogens with one attached hydrogen (secondary N) is 1. The van der Waals surface area contributed by atoms with Crippen LogP contribution in [0.1, 0.15) is 34.1 Å². The summed E-state index contributed by atoms with van der Waals surface area (Å²) in [4.78, 5) is 12.1. The van der Waals surface area contributed by atoms with Gasteiger partial charge in [-0.3, -0.25) is 9.48 Å². The SMILES string of the molecule is CCc1nn(C)cc1CNC(=O)c1ccc(O)cc1C. The van der Waals surface area contributed by atoms with Crippen LogP contribution in [0.3, 0.4) is 0 Å². The molecule has 0 aliphatic rings. The Hall–Kier alpha value is -2.30. The monoisotopic (exact) mass is 273 g/mol. The molecule has 20 heavy (non-hydrogen) atoms. The van der Waals surface area contributed by atoms with Crippen LogP contribution in [0.15, 0.2) is 24.4 Å². The number of amides is 1. The van der Waals surface area contributed by atoms with Gasteiger partial charge in [-0.25, -0.2) is 0 Å². The van der Waals surface area contributed by atoms with Gasteiger partial charge < -0.3 is 10.4 Å². The smallest absolute Gasteiger partial charge is 0.251 e. The maximum atomic E-state index is 12.1. The minimum atomic E-state index is -0.145. The first-order chi connectivity index (χ1) is 9.51. The van der Waals surface area contributed by atoms with Crippen molar-refractivity contribution in [3.8, 4) is 5.75 Å². The molecule has 2 rings (SSSR count). The quantitative estimate of drug-likeness (QED) is 0.894. The minimum Gasteiger partial charge on any atom is -0.508 e. The molecule has 0 aliphatic carbocycles. The Morgan fingerprint density at radius 3 is 2.85 bits per heavy atom. The number of aryl methyl sites for hydroxylation is 3. The van der Waals surface area contributed by atoms with E-state index in [-0.39, 0.29) is 11.7 Å². The van der Waals surface area contributed by atoms with E-state index in [0.717, 1.165) is 23.2 Å². The maximum absolute atomic E-state index is 12.1. The van der Waals surface area contributed by atoms with E-state index in [4.69, 9.17) is 0 Å². The van der Waals surface area contributed by atoms with Crippen molar-refractivity contribution in [2.24, 2.45) is 7.05 Å². The summed E-state index contributed by atoms with van der Waals surface area (Å²) in [6, 6.07) is 4.73. The van der Waals surface area contributed by atoms with Crippen molar-refractivity contribution in [3.05, 3.63) is 46.8 Å². The van der Waals surface area contributed by atoms with Crippen LogP contribution in [-0.4, -0.2) is 20.8 Å². The molecule has 1 heterocycles. The average Bonchev–Trinajstić information content (AvgIpc) is 2.76. The number of aromatic hydroxyl groups is 1. The van der Waals surface area contributed by atoms with E-state index in [2.05, 4.69) is 10.4 Å². The maximum Gasteiger partial charge on any atom is 0.251 e. The molecule has 1 aromatic heterocycles. The Morgan fingerprint density at radius 2 is 2.20 bits per heavy atom. The summed E-state index contributed by atoms with van der Waals surface area (Å²) >= 11 is 0. The molecule has 0 unspecified atom stereocenters. The highest BCUT2D eigenvalue weighted by Crippen LogP contribution is 2.16. The van der Waals surface area contributed by atoms with E-state index >= 15 is 0 Å². The fourth-order valence-electron chi connectivity index (χ4n) is 2.20. The predicted octanol–water partition coefficient (Wildman–Crippen LogP) is 1.93. The van der Waals surface area contributed by atoms with Crippen LogP contribution in [-0.2, 0) is 20.0 Å². The van der Waals surface area contributed by atoms with Gasteiger partial charge >= 0.3 is 0 Å².